The summed E-state index contributed by atoms with van der Waals surface area (Å²) in [7, 11) is 0. The van der Waals surface area contributed by atoms with E-state index in [1.165, 1.54) is 11.1 Å². The van der Waals surface area contributed by atoms with Gasteiger partial charge in [-0.25, -0.2) is 9.97 Å². The van der Waals surface area contributed by atoms with Crippen LogP contribution >= 0.6 is 0 Å². The van der Waals surface area contributed by atoms with E-state index < -0.39 is 0 Å². The Morgan fingerprint density at radius 3 is 3.00 bits per heavy atom. The standard InChI is InChI=1S/C20H20N4O/c25-19(12-16-8-7-15-4-1-2-6-18(15)16)23-13-17-5-3-9-22-20(17)24-11-10-21-14-24/h1-6,9-11,14,16H,7-8,12-13H2,(H,23,25). The Morgan fingerprint density at radius 1 is 1.20 bits per heavy atom. The number of aryl methyl sites for hydroxylation is 1. The lowest BCUT2D eigenvalue weighted by atomic mass is 9.97. The molecule has 4 rings (SSSR count). The second-order valence-electron chi connectivity index (χ2n) is 6.37. The Hall–Kier alpha value is -2.95. The number of rotatable bonds is 5. The zero-order chi connectivity index (χ0) is 17.1. The average Bonchev–Trinajstić information content (AvgIpc) is 3.31. The largest absolute Gasteiger partial charge is 0.352 e. The van der Waals surface area contributed by atoms with E-state index in [0.29, 0.717) is 18.9 Å². The molecule has 0 radical (unpaired) electrons. The third-order valence-electron chi connectivity index (χ3n) is 4.78. The first kappa shape index (κ1) is 15.6. The predicted octanol–water partition coefficient (Wildman–Crippen LogP) is 3.00. The minimum absolute atomic E-state index is 0.0853. The number of pyridine rings is 1. The van der Waals surface area contributed by atoms with Crippen molar-refractivity contribution >= 4 is 5.91 Å². The van der Waals surface area contributed by atoms with Crippen LogP contribution in [-0.4, -0.2) is 20.4 Å². The number of nitrogens with one attached hydrogen (secondary N) is 1. The molecule has 0 aliphatic heterocycles. The molecular weight excluding hydrogens is 312 g/mol. The molecule has 0 spiro atoms. The van der Waals surface area contributed by atoms with Gasteiger partial charge in [0.05, 0.1) is 0 Å². The van der Waals surface area contributed by atoms with Crippen LogP contribution in [0.25, 0.3) is 5.82 Å². The molecule has 0 bridgehead atoms. The van der Waals surface area contributed by atoms with E-state index in [1.54, 1.807) is 18.7 Å². The lowest BCUT2D eigenvalue weighted by Gasteiger charge is -2.13. The van der Waals surface area contributed by atoms with E-state index in [2.05, 4.69) is 39.6 Å². The summed E-state index contributed by atoms with van der Waals surface area (Å²) in [6, 6.07) is 12.3. The van der Waals surface area contributed by atoms with Crippen LogP contribution in [0.4, 0.5) is 0 Å². The molecule has 1 aliphatic rings. The SMILES string of the molecule is O=C(CC1CCc2ccccc21)NCc1cccnc1-n1ccnc1. The molecule has 2 aromatic heterocycles. The van der Waals surface area contributed by atoms with Gasteiger partial charge in [-0.3, -0.25) is 9.36 Å². The molecule has 5 nitrogen and oxygen atoms in total. The van der Waals surface area contributed by atoms with Crippen molar-refractivity contribution in [2.45, 2.75) is 31.7 Å². The minimum atomic E-state index is 0.0853. The summed E-state index contributed by atoms with van der Waals surface area (Å²) in [4.78, 5) is 20.9. The van der Waals surface area contributed by atoms with E-state index >= 15 is 0 Å². The van der Waals surface area contributed by atoms with Gasteiger partial charge in [-0.05, 0) is 36.0 Å². The van der Waals surface area contributed by atoms with Crippen molar-refractivity contribution in [1.29, 1.82) is 0 Å². The van der Waals surface area contributed by atoms with Gasteiger partial charge in [0.2, 0.25) is 5.91 Å². The fourth-order valence-electron chi connectivity index (χ4n) is 3.53. The topological polar surface area (TPSA) is 59.8 Å². The Balaban J connectivity index is 1.41. The zero-order valence-corrected chi connectivity index (χ0v) is 13.9. The third kappa shape index (κ3) is 3.31. The van der Waals surface area contributed by atoms with Crippen LogP contribution in [0.15, 0.2) is 61.3 Å². The molecule has 3 aromatic rings. The van der Waals surface area contributed by atoms with Crippen LogP contribution in [0.3, 0.4) is 0 Å². The Morgan fingerprint density at radius 2 is 2.12 bits per heavy atom. The highest BCUT2D eigenvalue weighted by molar-refractivity contribution is 5.77. The van der Waals surface area contributed by atoms with Crippen LogP contribution in [0.5, 0.6) is 0 Å². The first-order chi connectivity index (χ1) is 12.3. The number of aromatic nitrogens is 3. The summed E-state index contributed by atoms with van der Waals surface area (Å²) in [5.74, 6) is 1.21. The quantitative estimate of drug-likeness (QED) is 0.781. The normalized spacial score (nSPS) is 15.8. The van der Waals surface area contributed by atoms with Gasteiger partial charge >= 0.3 is 0 Å². The van der Waals surface area contributed by atoms with Crippen molar-refractivity contribution in [3.05, 3.63) is 78.0 Å². The maximum Gasteiger partial charge on any atom is 0.220 e. The number of nitrogens with zero attached hydrogens (tertiary/aromatic N) is 3. The van der Waals surface area contributed by atoms with Gasteiger partial charge in [-0.15, -0.1) is 0 Å². The summed E-state index contributed by atoms with van der Waals surface area (Å²) in [5.41, 5.74) is 3.69. The Kier molecular flexibility index (Phi) is 4.29. The molecule has 2 heterocycles. The minimum Gasteiger partial charge on any atom is -0.352 e. The van der Waals surface area contributed by atoms with Gasteiger partial charge in [-0.2, -0.15) is 0 Å². The molecule has 0 saturated carbocycles. The van der Waals surface area contributed by atoms with Gasteiger partial charge < -0.3 is 5.32 Å². The fourth-order valence-corrected chi connectivity index (χ4v) is 3.53. The van der Waals surface area contributed by atoms with Crippen molar-refractivity contribution < 1.29 is 4.79 Å². The van der Waals surface area contributed by atoms with E-state index in [9.17, 15) is 4.79 Å². The second-order valence-corrected chi connectivity index (χ2v) is 6.37. The van der Waals surface area contributed by atoms with Crippen LogP contribution in [-0.2, 0) is 17.8 Å². The smallest absolute Gasteiger partial charge is 0.220 e. The number of amides is 1. The summed E-state index contributed by atoms with van der Waals surface area (Å²) >= 11 is 0. The van der Waals surface area contributed by atoms with Crippen molar-refractivity contribution in [2.24, 2.45) is 0 Å². The number of hydrogen-bond donors (Lipinski definition) is 1. The monoisotopic (exact) mass is 332 g/mol. The van der Waals surface area contributed by atoms with Gasteiger partial charge in [0.15, 0.2) is 0 Å². The third-order valence-corrected chi connectivity index (χ3v) is 4.78. The lowest BCUT2D eigenvalue weighted by Crippen LogP contribution is -2.25. The van der Waals surface area contributed by atoms with Crippen LogP contribution in [0, 0.1) is 0 Å². The molecule has 1 N–H and O–H groups in total. The molecule has 1 unspecified atom stereocenters. The van der Waals surface area contributed by atoms with Crippen molar-refractivity contribution in [1.82, 2.24) is 19.9 Å². The number of imidazole rings is 1. The average molecular weight is 332 g/mol. The fraction of sp³-hybridized carbons (Fsp3) is 0.250. The van der Waals surface area contributed by atoms with Crippen LogP contribution in [0.2, 0.25) is 0 Å². The number of benzene rings is 1. The maximum absolute atomic E-state index is 12.4. The van der Waals surface area contributed by atoms with Gasteiger partial charge in [-0.1, -0.05) is 30.3 Å². The van der Waals surface area contributed by atoms with Gasteiger partial charge in [0, 0.05) is 37.1 Å². The highest BCUT2D eigenvalue weighted by Crippen LogP contribution is 2.35. The molecular formula is C20H20N4O. The summed E-state index contributed by atoms with van der Waals surface area (Å²) in [5, 5.41) is 3.05. The molecule has 0 saturated heterocycles. The van der Waals surface area contributed by atoms with Crippen molar-refractivity contribution in [3.63, 3.8) is 0 Å². The molecule has 0 fully saturated rings. The molecule has 1 amide bonds. The van der Waals surface area contributed by atoms with Crippen LogP contribution in [0.1, 0.15) is 35.4 Å². The highest BCUT2D eigenvalue weighted by Gasteiger charge is 2.24. The van der Waals surface area contributed by atoms with E-state index in [4.69, 9.17) is 0 Å². The van der Waals surface area contributed by atoms with E-state index in [-0.39, 0.29) is 5.91 Å². The number of hydrogen-bond acceptors (Lipinski definition) is 3. The Labute approximate surface area is 146 Å². The number of carbonyl (C=O) groups is 1. The molecule has 1 aliphatic carbocycles. The lowest BCUT2D eigenvalue weighted by molar-refractivity contribution is -0.121. The summed E-state index contributed by atoms with van der Waals surface area (Å²) in [6.45, 7) is 0.467. The van der Waals surface area contributed by atoms with Gasteiger partial charge in [0.1, 0.15) is 12.1 Å². The highest BCUT2D eigenvalue weighted by atomic mass is 16.1. The summed E-state index contributed by atoms with van der Waals surface area (Å²) in [6.07, 6.45) is 9.69. The maximum atomic E-state index is 12.4. The number of carbonyl (C=O) groups excluding carboxylic acids is 1. The second kappa shape index (κ2) is 6.89. The van der Waals surface area contributed by atoms with Crippen molar-refractivity contribution in [3.8, 4) is 5.82 Å². The van der Waals surface area contributed by atoms with Gasteiger partial charge in [0.25, 0.3) is 0 Å². The van der Waals surface area contributed by atoms with Crippen molar-refractivity contribution in [2.75, 3.05) is 0 Å². The molecule has 1 atom stereocenters. The first-order valence-corrected chi connectivity index (χ1v) is 8.58. The van der Waals surface area contributed by atoms with E-state index in [0.717, 1.165) is 24.2 Å². The first-order valence-electron chi connectivity index (χ1n) is 8.58. The molecule has 5 heteroatoms. The number of fused-ring (bicyclic) bond motifs is 1. The predicted molar refractivity (Wildman–Crippen MR) is 95.3 cm³/mol. The summed E-state index contributed by atoms with van der Waals surface area (Å²) < 4.78 is 1.86. The van der Waals surface area contributed by atoms with Crippen LogP contribution < -0.4 is 5.32 Å². The molecule has 25 heavy (non-hydrogen) atoms. The molecule has 1 aromatic carbocycles. The zero-order valence-electron chi connectivity index (χ0n) is 13.9. The Bertz CT molecular complexity index is 873. The van der Waals surface area contributed by atoms with E-state index in [1.807, 2.05) is 22.9 Å². The molecule has 126 valence electrons.